The van der Waals surface area contributed by atoms with Crippen molar-refractivity contribution in [2.24, 2.45) is 18.9 Å². The van der Waals surface area contributed by atoms with Crippen molar-refractivity contribution >= 4 is 27.5 Å². The Labute approximate surface area is 145 Å². The van der Waals surface area contributed by atoms with Crippen molar-refractivity contribution in [1.29, 1.82) is 0 Å². The molecule has 1 aliphatic heterocycles. The van der Waals surface area contributed by atoms with Gasteiger partial charge < -0.3 is 10.2 Å². The minimum Gasteiger partial charge on any atom is -0.369 e. The number of hydrogen-bond donors (Lipinski definition) is 1. The third-order valence-corrected chi connectivity index (χ3v) is 5.38. The molecule has 0 saturated carbocycles. The van der Waals surface area contributed by atoms with Crippen LogP contribution in [0.15, 0.2) is 15.5 Å². The van der Waals surface area contributed by atoms with E-state index in [0.29, 0.717) is 10.4 Å². The Morgan fingerprint density at radius 3 is 2.52 bits per heavy atom. The lowest BCUT2D eigenvalue weighted by Gasteiger charge is -2.33. The summed E-state index contributed by atoms with van der Waals surface area (Å²) in [4.78, 5) is 26.4. The second-order valence-electron chi connectivity index (χ2n) is 6.58. The highest BCUT2D eigenvalue weighted by Gasteiger charge is 2.27. The first kappa shape index (κ1) is 18.0. The summed E-state index contributed by atoms with van der Waals surface area (Å²) in [7, 11) is 1.63. The molecular weight excluding hydrogens is 360 g/mol. The Bertz CT molecular complexity index is 621. The van der Waals surface area contributed by atoms with Gasteiger partial charge in [-0.15, -0.1) is 0 Å². The molecule has 1 unspecified atom stereocenters. The molecule has 1 atom stereocenters. The molecule has 128 valence electrons. The van der Waals surface area contributed by atoms with E-state index in [-0.39, 0.29) is 23.4 Å². The molecule has 23 heavy (non-hydrogen) atoms. The lowest BCUT2D eigenvalue weighted by molar-refractivity contribution is -0.126. The molecule has 2 heterocycles. The highest BCUT2D eigenvalue weighted by Crippen LogP contribution is 2.27. The van der Waals surface area contributed by atoms with Gasteiger partial charge in [0.15, 0.2) is 0 Å². The minimum atomic E-state index is -0.145. The molecule has 1 saturated heterocycles. The van der Waals surface area contributed by atoms with Crippen LogP contribution in [-0.2, 0) is 11.8 Å². The molecule has 7 heteroatoms. The highest BCUT2D eigenvalue weighted by atomic mass is 79.9. The van der Waals surface area contributed by atoms with Crippen LogP contribution in [0.25, 0.3) is 0 Å². The third kappa shape index (κ3) is 4.13. The number of amides is 1. The van der Waals surface area contributed by atoms with Crippen molar-refractivity contribution < 1.29 is 4.79 Å². The van der Waals surface area contributed by atoms with Crippen LogP contribution in [0.4, 0.5) is 5.69 Å². The molecule has 0 aromatic carbocycles. The largest absolute Gasteiger partial charge is 0.369 e. The van der Waals surface area contributed by atoms with Crippen molar-refractivity contribution in [3.8, 4) is 0 Å². The third-order valence-electron chi connectivity index (χ3n) is 4.64. The van der Waals surface area contributed by atoms with Crippen molar-refractivity contribution in [3.05, 3.63) is 21.0 Å². The van der Waals surface area contributed by atoms with Crippen LogP contribution in [0.2, 0.25) is 0 Å². The second-order valence-corrected chi connectivity index (χ2v) is 7.37. The Balaban J connectivity index is 1.98. The van der Waals surface area contributed by atoms with Crippen LogP contribution in [0, 0.1) is 11.8 Å². The number of rotatable bonds is 4. The lowest BCUT2D eigenvalue weighted by atomic mass is 9.94. The first-order valence-electron chi connectivity index (χ1n) is 8.08. The molecule has 6 nitrogen and oxygen atoms in total. The van der Waals surface area contributed by atoms with Gasteiger partial charge in [-0.3, -0.25) is 9.59 Å². The summed E-state index contributed by atoms with van der Waals surface area (Å²) in [5.74, 6) is 0.624. The minimum absolute atomic E-state index is 0.0470. The Hall–Kier alpha value is -1.37. The molecule has 2 rings (SSSR count). The summed E-state index contributed by atoms with van der Waals surface area (Å²) in [5, 5.41) is 7.18. The maximum Gasteiger partial charge on any atom is 0.282 e. The fourth-order valence-corrected chi connectivity index (χ4v) is 3.22. The van der Waals surface area contributed by atoms with E-state index in [1.165, 1.54) is 4.68 Å². The number of carbonyl (C=O) groups is 1. The zero-order valence-electron chi connectivity index (χ0n) is 14.2. The SMILES string of the molecule is CC(C)C(C)NC(=O)C1CCN(c2cnn(C)c(=O)c2Br)CC1. The first-order valence-corrected chi connectivity index (χ1v) is 8.87. The average molecular weight is 385 g/mol. The van der Waals surface area contributed by atoms with Gasteiger partial charge in [0.2, 0.25) is 5.91 Å². The summed E-state index contributed by atoms with van der Waals surface area (Å²) in [6, 6.07) is 0.191. The normalized spacial score (nSPS) is 17.4. The van der Waals surface area contributed by atoms with Crippen LogP contribution in [0.5, 0.6) is 0 Å². The Morgan fingerprint density at radius 1 is 1.35 bits per heavy atom. The number of piperidine rings is 1. The average Bonchev–Trinajstić information content (AvgIpc) is 2.53. The van der Waals surface area contributed by atoms with Crippen LogP contribution < -0.4 is 15.8 Å². The number of hydrogen-bond acceptors (Lipinski definition) is 4. The van der Waals surface area contributed by atoms with E-state index in [2.05, 4.69) is 45.1 Å². The van der Waals surface area contributed by atoms with Gasteiger partial charge in [0.05, 0.1) is 11.9 Å². The van der Waals surface area contributed by atoms with Gasteiger partial charge in [-0.25, -0.2) is 4.68 Å². The van der Waals surface area contributed by atoms with E-state index >= 15 is 0 Å². The van der Waals surface area contributed by atoms with Gasteiger partial charge >= 0.3 is 0 Å². The number of anilines is 1. The van der Waals surface area contributed by atoms with Crippen LogP contribution >= 0.6 is 15.9 Å². The van der Waals surface area contributed by atoms with E-state index in [1.54, 1.807) is 13.2 Å². The van der Waals surface area contributed by atoms with Gasteiger partial charge in [0.1, 0.15) is 4.47 Å². The summed E-state index contributed by atoms with van der Waals surface area (Å²) >= 11 is 3.36. The monoisotopic (exact) mass is 384 g/mol. The van der Waals surface area contributed by atoms with Gasteiger partial charge in [0, 0.05) is 32.1 Å². The number of aromatic nitrogens is 2. The molecular formula is C16H25BrN4O2. The van der Waals surface area contributed by atoms with Crippen LogP contribution in [0.1, 0.15) is 33.6 Å². The summed E-state index contributed by atoms with van der Waals surface area (Å²) in [6.07, 6.45) is 3.28. The van der Waals surface area contributed by atoms with Gasteiger partial charge in [-0.05, 0) is 41.6 Å². The number of nitrogens with one attached hydrogen (secondary N) is 1. The predicted molar refractivity (Wildman–Crippen MR) is 94.6 cm³/mol. The van der Waals surface area contributed by atoms with Gasteiger partial charge in [-0.2, -0.15) is 5.10 Å². The Morgan fingerprint density at radius 2 is 1.96 bits per heavy atom. The fourth-order valence-electron chi connectivity index (χ4n) is 2.61. The fraction of sp³-hybridized carbons (Fsp3) is 0.688. The quantitative estimate of drug-likeness (QED) is 0.860. The van der Waals surface area contributed by atoms with Crippen LogP contribution in [0.3, 0.4) is 0 Å². The van der Waals surface area contributed by atoms with Gasteiger partial charge in [-0.1, -0.05) is 13.8 Å². The predicted octanol–water partition coefficient (Wildman–Crippen LogP) is 1.92. The number of nitrogens with zero attached hydrogens (tertiary/aromatic N) is 3. The smallest absolute Gasteiger partial charge is 0.282 e. The maximum absolute atomic E-state index is 12.3. The standard InChI is InChI=1S/C16H25BrN4O2/c1-10(2)11(3)19-15(22)12-5-7-21(8-6-12)13-9-18-20(4)16(23)14(13)17/h9-12H,5-8H2,1-4H3,(H,19,22). The molecule has 0 radical (unpaired) electrons. The lowest BCUT2D eigenvalue weighted by Crippen LogP contribution is -2.44. The molecule has 0 aliphatic carbocycles. The highest BCUT2D eigenvalue weighted by molar-refractivity contribution is 9.10. The van der Waals surface area contributed by atoms with E-state index in [9.17, 15) is 9.59 Å². The zero-order valence-corrected chi connectivity index (χ0v) is 15.8. The van der Waals surface area contributed by atoms with Gasteiger partial charge in [0.25, 0.3) is 5.56 Å². The molecule has 1 aliphatic rings. The van der Waals surface area contributed by atoms with E-state index in [4.69, 9.17) is 0 Å². The molecule has 0 bridgehead atoms. The van der Waals surface area contributed by atoms with Crippen molar-refractivity contribution in [3.63, 3.8) is 0 Å². The summed E-state index contributed by atoms with van der Waals surface area (Å²) in [6.45, 7) is 7.76. The number of aryl methyl sites for hydroxylation is 1. The zero-order chi connectivity index (χ0) is 17.1. The van der Waals surface area contributed by atoms with E-state index in [0.717, 1.165) is 31.6 Å². The number of halogens is 1. The summed E-state index contributed by atoms with van der Waals surface area (Å²) in [5.41, 5.74) is 0.663. The van der Waals surface area contributed by atoms with Crippen LogP contribution in [-0.4, -0.2) is 34.8 Å². The molecule has 1 amide bonds. The first-order chi connectivity index (χ1) is 10.8. The Kier molecular flexibility index (Phi) is 5.84. The second kappa shape index (κ2) is 7.47. The van der Waals surface area contributed by atoms with E-state index in [1.807, 2.05) is 6.92 Å². The van der Waals surface area contributed by atoms with Crippen molar-refractivity contribution in [2.75, 3.05) is 18.0 Å². The molecule has 1 N–H and O–H groups in total. The maximum atomic E-state index is 12.3. The molecule has 1 aromatic rings. The molecule has 1 aromatic heterocycles. The number of carbonyl (C=O) groups excluding carboxylic acids is 1. The summed E-state index contributed by atoms with van der Waals surface area (Å²) < 4.78 is 1.84. The van der Waals surface area contributed by atoms with Crippen molar-refractivity contribution in [1.82, 2.24) is 15.1 Å². The van der Waals surface area contributed by atoms with E-state index < -0.39 is 0 Å². The topological polar surface area (TPSA) is 67.2 Å². The molecule has 1 fully saturated rings. The van der Waals surface area contributed by atoms with Crippen molar-refractivity contribution in [2.45, 2.75) is 39.7 Å². The molecule has 0 spiro atoms.